The van der Waals surface area contributed by atoms with Crippen molar-refractivity contribution in [3.8, 4) is 6.07 Å². The van der Waals surface area contributed by atoms with Gasteiger partial charge in [0.05, 0.1) is 17.6 Å². The van der Waals surface area contributed by atoms with E-state index in [1.807, 2.05) is 18.2 Å². The Hall–Kier alpha value is -3.13. The molecule has 5 heteroatoms. The van der Waals surface area contributed by atoms with Crippen LogP contribution in [0.1, 0.15) is 43.7 Å². The van der Waals surface area contributed by atoms with Crippen molar-refractivity contribution in [3.05, 3.63) is 59.7 Å². The van der Waals surface area contributed by atoms with Crippen molar-refractivity contribution in [2.24, 2.45) is 5.92 Å². The number of hydrogen-bond donors (Lipinski definition) is 1. The molecule has 2 amide bonds. The molecule has 0 spiro atoms. The van der Waals surface area contributed by atoms with Gasteiger partial charge in [0.1, 0.15) is 0 Å². The SMILES string of the molecule is CC[C@@H](C)c1ccccc1N1C[C@H](C(=O)Nc2cccc(C#N)c2)CC1=O. The summed E-state index contributed by atoms with van der Waals surface area (Å²) in [5.41, 5.74) is 3.10. The topological polar surface area (TPSA) is 73.2 Å². The fraction of sp³-hybridized carbons (Fsp3) is 0.318. The van der Waals surface area contributed by atoms with Crippen molar-refractivity contribution in [1.82, 2.24) is 0 Å². The van der Waals surface area contributed by atoms with Crippen LogP contribution < -0.4 is 10.2 Å². The van der Waals surface area contributed by atoms with Gasteiger partial charge < -0.3 is 10.2 Å². The molecule has 2 aromatic carbocycles. The molecule has 2 aromatic rings. The van der Waals surface area contributed by atoms with Crippen molar-refractivity contribution in [2.45, 2.75) is 32.6 Å². The summed E-state index contributed by atoms with van der Waals surface area (Å²) < 4.78 is 0. The lowest BCUT2D eigenvalue weighted by Crippen LogP contribution is -2.29. The van der Waals surface area contributed by atoms with E-state index in [1.165, 1.54) is 0 Å². The van der Waals surface area contributed by atoms with Gasteiger partial charge in [-0.05, 0) is 42.2 Å². The number of carbonyl (C=O) groups is 2. The zero-order valence-electron chi connectivity index (χ0n) is 15.6. The number of nitriles is 1. The van der Waals surface area contributed by atoms with Gasteiger partial charge in [0.15, 0.2) is 0 Å². The number of nitrogens with zero attached hydrogens (tertiary/aromatic N) is 2. The molecule has 1 aliphatic rings. The van der Waals surface area contributed by atoms with Crippen LogP contribution in [0, 0.1) is 17.2 Å². The van der Waals surface area contributed by atoms with Crippen LogP contribution in [0.4, 0.5) is 11.4 Å². The second kappa shape index (κ2) is 8.05. The van der Waals surface area contributed by atoms with E-state index in [4.69, 9.17) is 5.26 Å². The van der Waals surface area contributed by atoms with E-state index in [1.54, 1.807) is 29.2 Å². The number of amides is 2. The minimum absolute atomic E-state index is 0.0309. The highest BCUT2D eigenvalue weighted by molar-refractivity contribution is 6.04. The molecule has 1 aliphatic heterocycles. The molecule has 138 valence electrons. The van der Waals surface area contributed by atoms with Gasteiger partial charge in [0.2, 0.25) is 11.8 Å². The van der Waals surface area contributed by atoms with Gasteiger partial charge in [-0.15, -0.1) is 0 Å². The highest BCUT2D eigenvalue weighted by Gasteiger charge is 2.36. The monoisotopic (exact) mass is 361 g/mol. The third kappa shape index (κ3) is 4.01. The van der Waals surface area contributed by atoms with E-state index < -0.39 is 5.92 Å². The normalized spacial score (nSPS) is 17.4. The van der Waals surface area contributed by atoms with Crippen molar-refractivity contribution < 1.29 is 9.59 Å². The molecule has 1 fully saturated rings. The highest BCUT2D eigenvalue weighted by atomic mass is 16.2. The summed E-state index contributed by atoms with van der Waals surface area (Å²) in [5.74, 6) is -0.289. The standard InChI is InChI=1S/C22H23N3O2/c1-3-15(2)19-9-4-5-10-20(19)25-14-17(12-21(25)26)22(27)24-18-8-6-7-16(11-18)13-23/h4-11,15,17H,3,12,14H2,1-2H3,(H,24,27)/t15-,17-/m1/s1. The average Bonchev–Trinajstić information content (AvgIpc) is 3.09. The lowest BCUT2D eigenvalue weighted by atomic mass is 9.96. The van der Waals surface area contributed by atoms with E-state index >= 15 is 0 Å². The summed E-state index contributed by atoms with van der Waals surface area (Å²) in [4.78, 5) is 27.0. The van der Waals surface area contributed by atoms with Gasteiger partial charge in [0.25, 0.3) is 0 Å². The maximum atomic E-state index is 12.6. The largest absolute Gasteiger partial charge is 0.326 e. The lowest BCUT2D eigenvalue weighted by Gasteiger charge is -2.23. The Labute approximate surface area is 159 Å². The van der Waals surface area contributed by atoms with Crippen LogP contribution in [0.5, 0.6) is 0 Å². The van der Waals surface area contributed by atoms with Gasteiger partial charge >= 0.3 is 0 Å². The summed E-state index contributed by atoms with van der Waals surface area (Å²) >= 11 is 0. The predicted octanol–water partition coefficient (Wildman–Crippen LogP) is 4.06. The number of benzene rings is 2. The summed E-state index contributed by atoms with van der Waals surface area (Å²) in [7, 11) is 0. The Morgan fingerprint density at radius 3 is 2.81 bits per heavy atom. The van der Waals surface area contributed by atoms with Crippen LogP contribution >= 0.6 is 0 Å². The first-order valence-corrected chi connectivity index (χ1v) is 9.23. The molecule has 0 aliphatic carbocycles. The maximum Gasteiger partial charge on any atom is 0.229 e. The zero-order chi connectivity index (χ0) is 19.4. The van der Waals surface area contributed by atoms with E-state index in [0.717, 1.165) is 17.7 Å². The molecule has 2 atom stereocenters. The molecule has 1 N–H and O–H groups in total. The van der Waals surface area contributed by atoms with E-state index in [9.17, 15) is 9.59 Å². The molecule has 0 radical (unpaired) electrons. The van der Waals surface area contributed by atoms with Gasteiger partial charge in [-0.1, -0.05) is 38.1 Å². The maximum absolute atomic E-state index is 12.6. The van der Waals surface area contributed by atoms with Crippen molar-refractivity contribution in [2.75, 3.05) is 16.8 Å². The lowest BCUT2D eigenvalue weighted by molar-refractivity contribution is -0.122. The molecule has 1 heterocycles. The minimum atomic E-state index is -0.409. The second-order valence-corrected chi connectivity index (χ2v) is 6.96. The van der Waals surface area contributed by atoms with Gasteiger partial charge in [-0.2, -0.15) is 5.26 Å². The smallest absolute Gasteiger partial charge is 0.229 e. The summed E-state index contributed by atoms with van der Waals surface area (Å²) in [6, 6.07) is 16.8. The van der Waals surface area contributed by atoms with Crippen molar-refractivity contribution in [3.63, 3.8) is 0 Å². The summed E-state index contributed by atoms with van der Waals surface area (Å²) in [5, 5.41) is 11.8. The number of carbonyl (C=O) groups excluding carboxylic acids is 2. The Balaban J connectivity index is 1.76. The fourth-order valence-electron chi connectivity index (χ4n) is 3.40. The van der Waals surface area contributed by atoms with Crippen LogP contribution in [0.25, 0.3) is 0 Å². The first-order valence-electron chi connectivity index (χ1n) is 9.23. The number of anilines is 2. The highest BCUT2D eigenvalue weighted by Crippen LogP contribution is 2.33. The molecule has 0 aromatic heterocycles. The molecule has 0 unspecified atom stereocenters. The quantitative estimate of drug-likeness (QED) is 0.873. The van der Waals surface area contributed by atoms with Crippen LogP contribution in [0.15, 0.2) is 48.5 Å². The van der Waals surface area contributed by atoms with E-state index in [0.29, 0.717) is 23.7 Å². The third-order valence-electron chi connectivity index (χ3n) is 5.13. The molecule has 0 saturated carbocycles. The van der Waals surface area contributed by atoms with E-state index in [2.05, 4.69) is 31.3 Å². The van der Waals surface area contributed by atoms with Gasteiger partial charge in [0, 0.05) is 24.3 Å². The van der Waals surface area contributed by atoms with Gasteiger partial charge in [-0.3, -0.25) is 9.59 Å². The van der Waals surface area contributed by atoms with Crippen LogP contribution in [-0.2, 0) is 9.59 Å². The van der Waals surface area contributed by atoms with Crippen molar-refractivity contribution >= 4 is 23.2 Å². The molecule has 5 nitrogen and oxygen atoms in total. The van der Waals surface area contributed by atoms with Crippen LogP contribution in [-0.4, -0.2) is 18.4 Å². The third-order valence-corrected chi connectivity index (χ3v) is 5.13. The second-order valence-electron chi connectivity index (χ2n) is 6.96. The summed E-state index contributed by atoms with van der Waals surface area (Å²) in [6.45, 7) is 4.64. The van der Waals surface area contributed by atoms with Crippen molar-refractivity contribution in [1.29, 1.82) is 5.26 Å². The zero-order valence-corrected chi connectivity index (χ0v) is 15.6. The Morgan fingerprint density at radius 1 is 1.30 bits per heavy atom. The van der Waals surface area contributed by atoms with Gasteiger partial charge in [-0.25, -0.2) is 0 Å². The molecular formula is C22H23N3O2. The molecule has 27 heavy (non-hydrogen) atoms. The number of hydrogen-bond acceptors (Lipinski definition) is 3. The number of para-hydroxylation sites is 1. The minimum Gasteiger partial charge on any atom is -0.326 e. The Morgan fingerprint density at radius 2 is 2.07 bits per heavy atom. The molecule has 0 bridgehead atoms. The fourth-order valence-corrected chi connectivity index (χ4v) is 3.40. The molecule has 3 rings (SSSR count). The predicted molar refractivity (Wildman–Crippen MR) is 105 cm³/mol. The van der Waals surface area contributed by atoms with Crippen LogP contribution in [0.2, 0.25) is 0 Å². The Kier molecular flexibility index (Phi) is 5.56. The Bertz CT molecular complexity index is 900. The molecule has 1 saturated heterocycles. The van der Waals surface area contributed by atoms with Crippen LogP contribution in [0.3, 0.4) is 0 Å². The number of rotatable bonds is 5. The van der Waals surface area contributed by atoms with E-state index in [-0.39, 0.29) is 18.2 Å². The molecular weight excluding hydrogens is 338 g/mol. The number of nitrogens with one attached hydrogen (secondary N) is 1. The summed E-state index contributed by atoms with van der Waals surface area (Å²) in [6.07, 6.45) is 1.18. The first kappa shape index (κ1) is 18.7. The average molecular weight is 361 g/mol. The first-order chi connectivity index (χ1) is 13.0.